The van der Waals surface area contributed by atoms with Crippen molar-refractivity contribution in [1.29, 1.82) is 0 Å². The lowest BCUT2D eigenvalue weighted by atomic mass is 9.85. The van der Waals surface area contributed by atoms with Crippen LogP contribution in [0.5, 0.6) is 0 Å². The van der Waals surface area contributed by atoms with Crippen molar-refractivity contribution < 1.29 is 4.79 Å². The van der Waals surface area contributed by atoms with E-state index in [1.165, 1.54) is 4.88 Å². The first-order valence-electron chi connectivity index (χ1n) is 12.4. The number of carbonyl (C=O) groups is 1. The fourth-order valence-corrected chi connectivity index (χ4v) is 6.37. The van der Waals surface area contributed by atoms with Crippen molar-refractivity contribution in [2.75, 3.05) is 49.7 Å². The van der Waals surface area contributed by atoms with Gasteiger partial charge in [-0.15, -0.1) is 11.3 Å². The summed E-state index contributed by atoms with van der Waals surface area (Å²) in [6.07, 6.45) is 14.9. The summed E-state index contributed by atoms with van der Waals surface area (Å²) in [6, 6.07) is 0.214. The second kappa shape index (κ2) is 9.01. The number of nitrogens with one attached hydrogen (secondary N) is 1. The number of imidazole rings is 1. The number of aromatic nitrogens is 5. The Morgan fingerprint density at radius 2 is 1.92 bits per heavy atom. The van der Waals surface area contributed by atoms with E-state index in [9.17, 15) is 4.79 Å². The second-order valence-corrected chi connectivity index (χ2v) is 20.4. The Morgan fingerprint density at radius 3 is 2.64 bits per heavy atom. The normalized spacial score (nSPS) is 21.8. The van der Waals surface area contributed by atoms with Crippen LogP contribution in [0.4, 0.5) is 10.9 Å². The molecule has 5 rings (SSSR count). The number of amides is 1. The average Bonchev–Trinajstić information content (AvgIpc) is 3.40. The van der Waals surface area contributed by atoms with Crippen LogP contribution < -0.4 is 11.1 Å². The van der Waals surface area contributed by atoms with Gasteiger partial charge < -0.3 is 20.5 Å². The number of nitrogens with zero attached hydrogens (tertiary/aromatic N) is 6. The van der Waals surface area contributed by atoms with Gasteiger partial charge in [0.15, 0.2) is 16.6 Å². The predicted octanol–water partition coefficient (Wildman–Crippen LogP) is 3.12. The maximum absolute atomic E-state index is 13.0. The Bertz CT molecular complexity index is 1370. The number of rotatable bonds is 3. The largest absolute Gasteiger partial charge is 0.382 e. The lowest BCUT2D eigenvalue weighted by Crippen LogP contribution is -2.28. The van der Waals surface area contributed by atoms with Gasteiger partial charge in [0.25, 0.3) is 0 Å². The van der Waals surface area contributed by atoms with Crippen molar-refractivity contribution in [2.45, 2.75) is 44.7 Å². The first kappa shape index (κ1) is 25.0. The number of hydrogen-bond acceptors (Lipinski definition) is 8. The van der Waals surface area contributed by atoms with Gasteiger partial charge in [0.1, 0.15) is 5.52 Å². The van der Waals surface area contributed by atoms with Crippen molar-refractivity contribution in [3.63, 3.8) is 0 Å². The first-order valence-corrected chi connectivity index (χ1v) is 17.3. The summed E-state index contributed by atoms with van der Waals surface area (Å²) in [5.41, 5.74) is 8.67. The highest BCUT2D eigenvalue weighted by Crippen LogP contribution is 2.54. The maximum atomic E-state index is 13.0. The van der Waals surface area contributed by atoms with E-state index in [-0.39, 0.29) is 17.9 Å². The number of carbonyl (C=O) groups excluding carboxylic acids is 1. The Morgan fingerprint density at radius 1 is 1.17 bits per heavy atom. The molecule has 1 amide bonds. The van der Waals surface area contributed by atoms with E-state index in [1.54, 1.807) is 17.7 Å². The van der Waals surface area contributed by atoms with Gasteiger partial charge in [-0.1, -0.05) is 5.25 Å². The summed E-state index contributed by atoms with van der Waals surface area (Å²) >= 11 is 1.61. The van der Waals surface area contributed by atoms with Gasteiger partial charge in [-0.2, -0.15) is 0 Å². The average molecular weight is 529 g/mol. The zero-order valence-electron chi connectivity index (χ0n) is 21.7. The van der Waals surface area contributed by atoms with Crippen LogP contribution in [0, 0.1) is 17.1 Å². The van der Waals surface area contributed by atoms with Crippen LogP contribution in [-0.2, 0) is 17.8 Å². The minimum absolute atomic E-state index is 0.0158. The van der Waals surface area contributed by atoms with Gasteiger partial charge in [0.05, 0.1) is 12.0 Å². The van der Waals surface area contributed by atoms with E-state index < -0.39 is 9.16 Å². The summed E-state index contributed by atoms with van der Waals surface area (Å²) in [5.74, 6) is 4.00. The molecule has 1 saturated carbocycles. The van der Waals surface area contributed by atoms with Gasteiger partial charge >= 0.3 is 0 Å². The molecule has 0 aromatic carbocycles. The van der Waals surface area contributed by atoms with E-state index in [0.29, 0.717) is 17.2 Å². The fraction of sp³-hybridized carbons (Fsp3) is 0.560. The van der Waals surface area contributed by atoms with Crippen molar-refractivity contribution in [2.24, 2.45) is 5.92 Å². The third-order valence-electron chi connectivity index (χ3n) is 6.68. The van der Waals surface area contributed by atoms with E-state index in [2.05, 4.69) is 73.0 Å². The van der Waals surface area contributed by atoms with Crippen molar-refractivity contribution in [3.8, 4) is 11.2 Å². The quantitative estimate of drug-likeness (QED) is 0.353. The summed E-state index contributed by atoms with van der Waals surface area (Å²) in [7, 11) is 0.0950. The minimum Gasteiger partial charge on any atom is -0.382 e. The first-order chi connectivity index (χ1) is 16.9. The van der Waals surface area contributed by atoms with Crippen LogP contribution in [0.15, 0.2) is 6.33 Å². The molecule has 3 aromatic heterocycles. The Balaban J connectivity index is 1.27. The number of thiol groups is 1. The molecule has 9 nitrogen and oxygen atoms in total. The number of likely N-dealkylation sites (N-methyl/N-ethyl adjacent to an activating group) is 1. The predicted molar refractivity (Wildman–Crippen MR) is 151 cm³/mol. The highest BCUT2D eigenvalue weighted by molar-refractivity contribution is 8.51. The van der Waals surface area contributed by atoms with Crippen LogP contribution in [0.3, 0.4) is 0 Å². The van der Waals surface area contributed by atoms with Gasteiger partial charge in [-0.05, 0) is 63.7 Å². The van der Waals surface area contributed by atoms with Gasteiger partial charge in [-0.25, -0.2) is 29.1 Å². The molecule has 36 heavy (non-hydrogen) atoms. The molecule has 1 aliphatic heterocycles. The SMILES string of the molecule is CN1CCc2nc(NC(=O)C3CCC(n4cnc5c(N)nc(C#C[SH](C)(C)(C)C)nc54)CC3)sc2C1. The molecule has 0 bridgehead atoms. The molecule has 0 radical (unpaired) electrons. The molecule has 3 aromatic rings. The second-order valence-electron chi connectivity index (χ2n) is 11.9. The molecule has 0 atom stereocenters. The zero-order chi connectivity index (χ0) is 25.7. The number of hydrogen-bond donors (Lipinski definition) is 3. The Hall–Kier alpha value is -2.68. The summed E-state index contributed by atoms with van der Waals surface area (Å²) in [5, 5.41) is 7.19. The van der Waals surface area contributed by atoms with E-state index in [1.807, 2.05) is 0 Å². The van der Waals surface area contributed by atoms with Crippen LogP contribution in [0.2, 0.25) is 0 Å². The monoisotopic (exact) mass is 528 g/mol. The molecule has 4 heterocycles. The molecule has 3 N–H and O–H groups in total. The topological polar surface area (TPSA) is 115 Å². The van der Waals surface area contributed by atoms with Gasteiger partial charge in [-0.3, -0.25) is 4.79 Å². The van der Waals surface area contributed by atoms with Crippen molar-refractivity contribution in [3.05, 3.63) is 22.7 Å². The molecule has 194 valence electrons. The lowest BCUT2D eigenvalue weighted by molar-refractivity contribution is -0.120. The number of anilines is 2. The maximum Gasteiger partial charge on any atom is 0.229 e. The van der Waals surface area contributed by atoms with E-state index >= 15 is 0 Å². The Kier molecular flexibility index (Phi) is 6.25. The smallest absolute Gasteiger partial charge is 0.229 e. The van der Waals surface area contributed by atoms with Crippen LogP contribution >= 0.6 is 20.5 Å². The van der Waals surface area contributed by atoms with Gasteiger partial charge in [0, 0.05) is 36.3 Å². The van der Waals surface area contributed by atoms with E-state index in [4.69, 9.17) is 10.7 Å². The van der Waals surface area contributed by atoms with Crippen molar-refractivity contribution >= 4 is 48.5 Å². The van der Waals surface area contributed by atoms with Crippen LogP contribution in [0.25, 0.3) is 11.2 Å². The standard InChI is InChI=1S/C25H36N8OS2/c1-32-12-10-18-19(14-32)35-25(28-18)31-24(34)16-6-8-17(9-7-16)33-15-27-21-22(26)29-20(30-23(21)33)11-13-36(2,3,4)5/h15-17,36H,6-10,12,14H2,1-5H3,(H2,26,29,30)(H,28,31,34). The highest BCUT2D eigenvalue weighted by atomic mass is 32.3. The minimum atomic E-state index is -2.02. The molecule has 0 unspecified atom stereocenters. The fourth-order valence-electron chi connectivity index (χ4n) is 4.74. The summed E-state index contributed by atoms with van der Waals surface area (Å²) in [6.45, 7) is 1.92. The number of nitrogens with two attached hydrogens (primary N) is 1. The molecule has 11 heteroatoms. The molecule has 2 aliphatic rings. The third-order valence-corrected chi connectivity index (χ3v) is 8.68. The number of nitrogen functional groups attached to an aromatic ring is 1. The molecular weight excluding hydrogens is 492 g/mol. The third kappa shape index (κ3) is 5.51. The number of fused-ring (bicyclic) bond motifs is 2. The van der Waals surface area contributed by atoms with Crippen molar-refractivity contribution in [1.82, 2.24) is 29.4 Å². The lowest BCUT2D eigenvalue weighted by Gasteiger charge is -2.40. The summed E-state index contributed by atoms with van der Waals surface area (Å²) in [4.78, 5) is 34.8. The summed E-state index contributed by atoms with van der Waals surface area (Å²) < 4.78 is 2.09. The highest BCUT2D eigenvalue weighted by Gasteiger charge is 2.29. The van der Waals surface area contributed by atoms with Crippen LogP contribution in [0.1, 0.15) is 48.1 Å². The molecule has 1 aliphatic carbocycles. The van der Waals surface area contributed by atoms with Crippen LogP contribution in [-0.4, -0.2) is 73.9 Å². The molecular formula is C25H36N8OS2. The molecule has 0 saturated heterocycles. The van der Waals surface area contributed by atoms with Gasteiger partial charge in [0.2, 0.25) is 11.7 Å². The molecule has 0 spiro atoms. The number of thiazole rings is 1. The zero-order valence-corrected chi connectivity index (χ0v) is 23.4. The Labute approximate surface area is 216 Å². The van der Waals surface area contributed by atoms with E-state index in [0.717, 1.165) is 61.7 Å². The molecule has 1 fully saturated rings.